The van der Waals surface area contributed by atoms with Gasteiger partial charge in [-0.05, 0) is 13.3 Å². The van der Waals surface area contributed by atoms with E-state index in [-0.39, 0.29) is 11.9 Å². The second kappa shape index (κ2) is 4.31. The summed E-state index contributed by atoms with van der Waals surface area (Å²) in [5, 5.41) is 2.77. The first kappa shape index (κ1) is 8.49. The minimum atomic E-state index is 0.107. The molecule has 1 rings (SSSR count). The highest BCUT2D eigenvalue weighted by Gasteiger charge is 2.20. The summed E-state index contributed by atoms with van der Waals surface area (Å²) < 4.78 is 0. The Morgan fingerprint density at radius 1 is 1.64 bits per heavy atom. The van der Waals surface area contributed by atoms with E-state index in [9.17, 15) is 4.79 Å². The standard InChI is InChI=1S/C7H13NO3/c1-2-10-11-5-6-3-4-7(9)8-6/h6H,2-5H2,1H3,(H,8,9)/t6-/m0/s1. The zero-order valence-electron chi connectivity index (χ0n) is 6.63. The summed E-state index contributed by atoms with van der Waals surface area (Å²) in [4.78, 5) is 20.2. The number of rotatable bonds is 4. The molecule has 0 unspecified atom stereocenters. The van der Waals surface area contributed by atoms with Gasteiger partial charge in [0.2, 0.25) is 5.91 Å². The first-order chi connectivity index (χ1) is 5.33. The van der Waals surface area contributed by atoms with E-state index in [2.05, 4.69) is 10.2 Å². The van der Waals surface area contributed by atoms with E-state index in [0.29, 0.717) is 19.6 Å². The number of hydrogen-bond acceptors (Lipinski definition) is 3. The van der Waals surface area contributed by atoms with Crippen molar-refractivity contribution in [3.05, 3.63) is 0 Å². The van der Waals surface area contributed by atoms with Crippen LogP contribution >= 0.6 is 0 Å². The highest BCUT2D eigenvalue weighted by molar-refractivity contribution is 5.78. The molecular formula is C7H13NO3. The predicted molar refractivity (Wildman–Crippen MR) is 38.7 cm³/mol. The lowest BCUT2D eigenvalue weighted by atomic mass is 10.2. The van der Waals surface area contributed by atoms with Crippen LogP contribution in [-0.4, -0.2) is 25.2 Å². The Hall–Kier alpha value is -0.610. The third-order valence-electron chi connectivity index (χ3n) is 1.56. The SMILES string of the molecule is CCOOC[C@@H]1CCC(=O)N1. The van der Waals surface area contributed by atoms with Crippen molar-refractivity contribution in [1.82, 2.24) is 5.32 Å². The molecule has 0 aromatic heterocycles. The predicted octanol–water partition coefficient (Wildman–Crippen LogP) is 0.233. The largest absolute Gasteiger partial charge is 0.351 e. The van der Waals surface area contributed by atoms with Crippen LogP contribution in [0.25, 0.3) is 0 Å². The summed E-state index contributed by atoms with van der Waals surface area (Å²) in [5.41, 5.74) is 0. The third-order valence-corrected chi connectivity index (χ3v) is 1.56. The van der Waals surface area contributed by atoms with Crippen LogP contribution < -0.4 is 5.32 Å². The second-order valence-electron chi connectivity index (χ2n) is 2.49. The van der Waals surface area contributed by atoms with Crippen LogP contribution in [0.5, 0.6) is 0 Å². The van der Waals surface area contributed by atoms with Crippen LogP contribution in [0.1, 0.15) is 19.8 Å². The summed E-state index contributed by atoms with van der Waals surface area (Å²) in [6, 6.07) is 0.147. The van der Waals surface area contributed by atoms with E-state index >= 15 is 0 Å². The molecular weight excluding hydrogens is 146 g/mol. The summed E-state index contributed by atoms with van der Waals surface area (Å²) in [6.45, 7) is 2.85. The van der Waals surface area contributed by atoms with Gasteiger partial charge in [-0.15, -0.1) is 0 Å². The smallest absolute Gasteiger partial charge is 0.220 e. The van der Waals surface area contributed by atoms with Gasteiger partial charge in [0.1, 0.15) is 6.61 Å². The Bertz CT molecular complexity index is 138. The average Bonchev–Trinajstić information content (AvgIpc) is 2.37. The van der Waals surface area contributed by atoms with Gasteiger partial charge in [0.15, 0.2) is 0 Å². The van der Waals surface area contributed by atoms with Crippen molar-refractivity contribution in [1.29, 1.82) is 0 Å². The van der Waals surface area contributed by atoms with Gasteiger partial charge in [-0.25, -0.2) is 9.78 Å². The summed E-state index contributed by atoms with van der Waals surface area (Å²) >= 11 is 0. The molecule has 11 heavy (non-hydrogen) atoms. The van der Waals surface area contributed by atoms with E-state index in [1.165, 1.54) is 0 Å². The molecule has 0 radical (unpaired) electrons. The van der Waals surface area contributed by atoms with Crippen LogP contribution in [0.2, 0.25) is 0 Å². The third kappa shape index (κ3) is 2.86. The highest BCUT2D eigenvalue weighted by atomic mass is 17.2. The molecule has 1 aliphatic rings. The molecule has 0 saturated carbocycles. The quantitative estimate of drug-likeness (QED) is 0.363. The fourth-order valence-electron chi connectivity index (χ4n) is 1.02. The first-order valence-electron chi connectivity index (χ1n) is 3.86. The van der Waals surface area contributed by atoms with Crippen LogP contribution in [0.3, 0.4) is 0 Å². The van der Waals surface area contributed by atoms with Crippen LogP contribution in [0.15, 0.2) is 0 Å². The first-order valence-corrected chi connectivity index (χ1v) is 3.86. The number of carbonyl (C=O) groups is 1. The van der Waals surface area contributed by atoms with E-state index in [1.54, 1.807) is 0 Å². The fraction of sp³-hybridized carbons (Fsp3) is 0.857. The minimum Gasteiger partial charge on any atom is -0.351 e. The van der Waals surface area contributed by atoms with Crippen molar-refractivity contribution in [3.63, 3.8) is 0 Å². The maximum Gasteiger partial charge on any atom is 0.220 e. The topological polar surface area (TPSA) is 47.6 Å². The van der Waals surface area contributed by atoms with Crippen LogP contribution in [0, 0.1) is 0 Å². The normalized spacial score (nSPS) is 23.7. The van der Waals surface area contributed by atoms with Gasteiger partial charge in [-0.1, -0.05) is 0 Å². The Morgan fingerprint density at radius 2 is 2.45 bits per heavy atom. The Kier molecular flexibility index (Phi) is 3.32. The Balaban J connectivity index is 2.04. The van der Waals surface area contributed by atoms with Crippen LogP contribution in [-0.2, 0) is 14.6 Å². The van der Waals surface area contributed by atoms with Gasteiger partial charge < -0.3 is 5.32 Å². The highest BCUT2D eigenvalue weighted by Crippen LogP contribution is 2.06. The summed E-state index contributed by atoms with van der Waals surface area (Å²) in [7, 11) is 0. The van der Waals surface area contributed by atoms with E-state index < -0.39 is 0 Å². The number of nitrogens with one attached hydrogen (secondary N) is 1. The van der Waals surface area contributed by atoms with Gasteiger partial charge >= 0.3 is 0 Å². The lowest BCUT2D eigenvalue weighted by Crippen LogP contribution is -2.29. The average molecular weight is 159 g/mol. The maximum atomic E-state index is 10.7. The molecule has 1 saturated heterocycles. The van der Waals surface area contributed by atoms with Crippen molar-refractivity contribution >= 4 is 5.91 Å². The zero-order chi connectivity index (χ0) is 8.10. The molecule has 1 fully saturated rings. The van der Waals surface area contributed by atoms with Crippen molar-refractivity contribution in [3.8, 4) is 0 Å². The number of amides is 1. The monoisotopic (exact) mass is 159 g/mol. The molecule has 1 atom stereocenters. The van der Waals surface area contributed by atoms with E-state index in [0.717, 1.165) is 6.42 Å². The molecule has 1 aliphatic heterocycles. The Labute approximate surface area is 65.8 Å². The van der Waals surface area contributed by atoms with Crippen molar-refractivity contribution in [2.45, 2.75) is 25.8 Å². The molecule has 1 heterocycles. The van der Waals surface area contributed by atoms with E-state index in [1.807, 2.05) is 6.92 Å². The summed E-state index contributed by atoms with van der Waals surface area (Å²) in [5.74, 6) is 0.107. The molecule has 4 heteroatoms. The molecule has 0 aliphatic carbocycles. The lowest BCUT2D eigenvalue weighted by Gasteiger charge is -2.08. The molecule has 64 valence electrons. The lowest BCUT2D eigenvalue weighted by molar-refractivity contribution is -0.293. The molecule has 4 nitrogen and oxygen atoms in total. The fourth-order valence-corrected chi connectivity index (χ4v) is 1.02. The molecule has 0 aromatic rings. The van der Waals surface area contributed by atoms with Gasteiger partial charge in [-0.2, -0.15) is 0 Å². The molecule has 1 amide bonds. The molecule has 1 N–H and O–H groups in total. The molecule has 0 bridgehead atoms. The second-order valence-corrected chi connectivity index (χ2v) is 2.49. The van der Waals surface area contributed by atoms with Gasteiger partial charge in [0.05, 0.1) is 12.6 Å². The Morgan fingerprint density at radius 3 is 3.00 bits per heavy atom. The number of carbonyl (C=O) groups excluding carboxylic acids is 1. The van der Waals surface area contributed by atoms with Gasteiger partial charge in [-0.3, -0.25) is 4.79 Å². The van der Waals surface area contributed by atoms with Crippen molar-refractivity contribution < 1.29 is 14.6 Å². The van der Waals surface area contributed by atoms with Crippen molar-refractivity contribution in [2.75, 3.05) is 13.2 Å². The summed E-state index contributed by atoms with van der Waals surface area (Å²) in [6.07, 6.45) is 1.46. The maximum absolute atomic E-state index is 10.7. The minimum absolute atomic E-state index is 0.107. The van der Waals surface area contributed by atoms with E-state index in [4.69, 9.17) is 4.89 Å². The van der Waals surface area contributed by atoms with Crippen molar-refractivity contribution in [2.24, 2.45) is 0 Å². The molecule has 0 spiro atoms. The number of hydrogen-bond donors (Lipinski definition) is 1. The zero-order valence-corrected chi connectivity index (χ0v) is 6.63. The van der Waals surface area contributed by atoms with Crippen LogP contribution in [0.4, 0.5) is 0 Å². The van der Waals surface area contributed by atoms with Gasteiger partial charge in [0.25, 0.3) is 0 Å². The molecule has 0 aromatic carbocycles. The van der Waals surface area contributed by atoms with Gasteiger partial charge in [0, 0.05) is 6.42 Å².